The van der Waals surface area contributed by atoms with Crippen molar-refractivity contribution < 1.29 is 13.2 Å². The Kier molecular flexibility index (Phi) is 5.57. The van der Waals surface area contributed by atoms with Crippen LogP contribution in [0.5, 0.6) is 0 Å². The second-order valence-electron chi connectivity index (χ2n) is 4.02. The highest BCUT2D eigenvalue weighted by Gasteiger charge is 2.16. The fourth-order valence-corrected chi connectivity index (χ4v) is 4.54. The first-order chi connectivity index (χ1) is 10.0. The summed E-state index contributed by atoms with van der Waals surface area (Å²) in [5.41, 5.74) is 0.414. The van der Waals surface area contributed by atoms with Crippen molar-refractivity contribution in [2.45, 2.75) is 4.21 Å². The van der Waals surface area contributed by atoms with Gasteiger partial charge in [-0.15, -0.1) is 11.3 Å². The van der Waals surface area contributed by atoms with Gasteiger partial charge in [-0.2, -0.15) is 0 Å². The summed E-state index contributed by atoms with van der Waals surface area (Å²) in [6.45, 7) is 1.21. The standard InChI is InChI=1S/C12H14BrN3O3S2/c1-19-7-6-14-11-4-2-9(8-15-11)16-21(17,18)12-5-3-10(13)20-12/h2-5,8,16H,6-7H2,1H3,(H,14,15). The van der Waals surface area contributed by atoms with Gasteiger partial charge >= 0.3 is 0 Å². The number of nitrogens with zero attached hydrogens (tertiary/aromatic N) is 1. The van der Waals surface area contributed by atoms with E-state index in [1.807, 2.05) is 0 Å². The summed E-state index contributed by atoms with van der Waals surface area (Å²) >= 11 is 4.40. The number of hydrogen-bond acceptors (Lipinski definition) is 6. The predicted octanol–water partition coefficient (Wildman–Crippen LogP) is 2.76. The molecule has 2 N–H and O–H groups in total. The minimum Gasteiger partial charge on any atom is -0.383 e. The Bertz CT molecular complexity index is 686. The Balaban J connectivity index is 2.03. The molecule has 0 aliphatic heterocycles. The van der Waals surface area contributed by atoms with Crippen molar-refractivity contribution in [3.63, 3.8) is 0 Å². The highest BCUT2D eigenvalue weighted by atomic mass is 79.9. The van der Waals surface area contributed by atoms with Crippen molar-refractivity contribution in [2.24, 2.45) is 0 Å². The molecule has 0 saturated heterocycles. The van der Waals surface area contributed by atoms with E-state index in [4.69, 9.17) is 4.74 Å². The number of sulfonamides is 1. The average molecular weight is 392 g/mol. The van der Waals surface area contributed by atoms with Gasteiger partial charge in [-0.25, -0.2) is 13.4 Å². The molecule has 0 bridgehead atoms. The van der Waals surface area contributed by atoms with E-state index < -0.39 is 10.0 Å². The van der Waals surface area contributed by atoms with E-state index in [2.05, 4.69) is 31.0 Å². The molecule has 2 rings (SSSR count). The lowest BCUT2D eigenvalue weighted by Gasteiger charge is -2.08. The van der Waals surface area contributed by atoms with Crippen LogP contribution in [0, 0.1) is 0 Å². The average Bonchev–Trinajstić information content (AvgIpc) is 2.88. The van der Waals surface area contributed by atoms with Crippen LogP contribution in [-0.2, 0) is 14.8 Å². The van der Waals surface area contributed by atoms with Gasteiger partial charge in [0.25, 0.3) is 10.0 Å². The van der Waals surface area contributed by atoms with Crippen LogP contribution in [0.15, 0.2) is 38.5 Å². The fourth-order valence-electron chi connectivity index (χ4n) is 1.49. The molecule has 9 heteroatoms. The first-order valence-corrected chi connectivity index (χ1v) is 9.07. The van der Waals surface area contributed by atoms with Crippen molar-refractivity contribution in [1.29, 1.82) is 0 Å². The summed E-state index contributed by atoms with van der Waals surface area (Å²) in [6.07, 6.45) is 1.47. The molecule has 0 aliphatic rings. The Morgan fingerprint density at radius 3 is 2.71 bits per heavy atom. The maximum atomic E-state index is 12.1. The molecule has 0 aliphatic carbocycles. The molecular formula is C12H14BrN3O3S2. The third kappa shape index (κ3) is 4.67. The lowest BCUT2D eigenvalue weighted by atomic mass is 10.4. The maximum Gasteiger partial charge on any atom is 0.271 e. The third-order valence-electron chi connectivity index (χ3n) is 2.44. The summed E-state index contributed by atoms with van der Waals surface area (Å²) in [7, 11) is -1.95. The molecule has 0 amide bonds. The SMILES string of the molecule is COCCNc1ccc(NS(=O)(=O)c2ccc(Br)s2)cn1. The van der Waals surface area contributed by atoms with Gasteiger partial charge in [-0.05, 0) is 40.2 Å². The molecule has 0 unspecified atom stereocenters. The van der Waals surface area contributed by atoms with Crippen LogP contribution in [0.1, 0.15) is 0 Å². The Hall–Kier alpha value is -1.16. The van der Waals surface area contributed by atoms with E-state index in [1.165, 1.54) is 6.20 Å². The molecule has 2 aromatic rings. The number of hydrogen-bond donors (Lipinski definition) is 2. The number of pyridine rings is 1. The summed E-state index contributed by atoms with van der Waals surface area (Å²) in [5.74, 6) is 0.661. The molecule has 2 heterocycles. The van der Waals surface area contributed by atoms with Gasteiger partial charge in [0.2, 0.25) is 0 Å². The first kappa shape index (κ1) is 16.2. The van der Waals surface area contributed by atoms with Gasteiger partial charge in [0.15, 0.2) is 0 Å². The van der Waals surface area contributed by atoms with Crippen LogP contribution in [0.2, 0.25) is 0 Å². The second-order valence-corrected chi connectivity index (χ2v) is 8.39. The molecule has 0 aromatic carbocycles. The predicted molar refractivity (Wildman–Crippen MR) is 87.4 cm³/mol. The fraction of sp³-hybridized carbons (Fsp3) is 0.250. The van der Waals surface area contributed by atoms with Crippen LogP contribution in [-0.4, -0.2) is 33.7 Å². The summed E-state index contributed by atoms with van der Waals surface area (Å²) < 4.78 is 32.7. The van der Waals surface area contributed by atoms with Gasteiger partial charge in [0.05, 0.1) is 22.3 Å². The van der Waals surface area contributed by atoms with Crippen molar-refractivity contribution in [1.82, 2.24) is 4.98 Å². The number of nitrogens with one attached hydrogen (secondary N) is 2. The Morgan fingerprint density at radius 1 is 1.33 bits per heavy atom. The number of rotatable bonds is 7. The third-order valence-corrected chi connectivity index (χ3v) is 5.94. The van der Waals surface area contributed by atoms with Crippen LogP contribution in [0.25, 0.3) is 0 Å². The van der Waals surface area contributed by atoms with Crippen molar-refractivity contribution in [2.75, 3.05) is 30.3 Å². The minimum absolute atomic E-state index is 0.247. The van der Waals surface area contributed by atoms with E-state index in [1.54, 1.807) is 31.4 Å². The van der Waals surface area contributed by atoms with Gasteiger partial charge in [0.1, 0.15) is 10.0 Å². The highest BCUT2D eigenvalue weighted by Crippen LogP contribution is 2.27. The summed E-state index contributed by atoms with van der Waals surface area (Å²) in [5, 5.41) is 3.05. The molecule has 0 radical (unpaired) electrons. The molecule has 6 nitrogen and oxygen atoms in total. The zero-order valence-electron chi connectivity index (χ0n) is 11.2. The van der Waals surface area contributed by atoms with Gasteiger partial charge in [-0.1, -0.05) is 0 Å². The second kappa shape index (κ2) is 7.21. The lowest BCUT2D eigenvalue weighted by molar-refractivity contribution is 0.210. The van der Waals surface area contributed by atoms with E-state index >= 15 is 0 Å². The van der Waals surface area contributed by atoms with Crippen LogP contribution in [0.3, 0.4) is 0 Å². The number of halogens is 1. The van der Waals surface area contributed by atoms with Crippen LogP contribution < -0.4 is 10.0 Å². The molecule has 114 valence electrons. The lowest BCUT2D eigenvalue weighted by Crippen LogP contribution is -2.12. The van der Waals surface area contributed by atoms with E-state index in [0.717, 1.165) is 15.1 Å². The van der Waals surface area contributed by atoms with Gasteiger partial charge < -0.3 is 10.1 Å². The van der Waals surface area contributed by atoms with Crippen molar-refractivity contribution in [3.8, 4) is 0 Å². The van der Waals surface area contributed by atoms with Gasteiger partial charge in [0, 0.05) is 13.7 Å². The Morgan fingerprint density at radius 2 is 2.14 bits per heavy atom. The quantitative estimate of drug-likeness (QED) is 0.709. The Labute approximate surface area is 135 Å². The minimum atomic E-state index is -3.57. The first-order valence-electron chi connectivity index (χ1n) is 5.98. The molecule has 0 fully saturated rings. The number of thiophene rings is 1. The number of aromatic nitrogens is 1. The summed E-state index contributed by atoms with van der Waals surface area (Å²) in [6, 6.07) is 6.60. The van der Waals surface area contributed by atoms with Crippen LogP contribution >= 0.6 is 27.3 Å². The van der Waals surface area contributed by atoms with E-state index in [0.29, 0.717) is 24.7 Å². The molecular weight excluding hydrogens is 378 g/mol. The topological polar surface area (TPSA) is 80.3 Å². The maximum absolute atomic E-state index is 12.1. The zero-order valence-corrected chi connectivity index (χ0v) is 14.4. The molecule has 2 aromatic heterocycles. The molecule has 0 spiro atoms. The van der Waals surface area contributed by atoms with Gasteiger partial charge in [-0.3, -0.25) is 4.72 Å². The molecule has 21 heavy (non-hydrogen) atoms. The van der Waals surface area contributed by atoms with E-state index in [-0.39, 0.29) is 4.21 Å². The number of ether oxygens (including phenoxy) is 1. The van der Waals surface area contributed by atoms with Crippen LogP contribution in [0.4, 0.5) is 11.5 Å². The zero-order chi connectivity index (χ0) is 15.3. The highest BCUT2D eigenvalue weighted by molar-refractivity contribution is 9.11. The molecule has 0 saturated carbocycles. The molecule has 0 atom stereocenters. The number of anilines is 2. The normalized spacial score (nSPS) is 11.3. The van der Waals surface area contributed by atoms with Crippen molar-refractivity contribution in [3.05, 3.63) is 34.2 Å². The number of methoxy groups -OCH3 is 1. The van der Waals surface area contributed by atoms with Crippen molar-refractivity contribution >= 4 is 48.8 Å². The summed E-state index contributed by atoms with van der Waals surface area (Å²) in [4.78, 5) is 4.13. The van der Waals surface area contributed by atoms with E-state index in [9.17, 15) is 8.42 Å². The monoisotopic (exact) mass is 391 g/mol. The largest absolute Gasteiger partial charge is 0.383 e. The smallest absolute Gasteiger partial charge is 0.271 e.